The second kappa shape index (κ2) is 6.49. The third-order valence-electron chi connectivity index (χ3n) is 5.37. The molecule has 0 N–H and O–H groups in total. The average molecular weight is 375 g/mol. The number of furan rings is 1. The summed E-state index contributed by atoms with van der Waals surface area (Å²) in [6, 6.07) is 13.4. The third kappa shape index (κ3) is 2.96. The Morgan fingerprint density at radius 3 is 2.57 bits per heavy atom. The van der Waals surface area contributed by atoms with E-state index in [0.29, 0.717) is 22.5 Å². The minimum Gasteiger partial charge on any atom is -0.454 e. The molecular formula is C22H21N3O3. The van der Waals surface area contributed by atoms with Gasteiger partial charge in [-0.25, -0.2) is 9.78 Å². The fourth-order valence-electron chi connectivity index (χ4n) is 3.69. The van der Waals surface area contributed by atoms with Gasteiger partial charge in [0.25, 0.3) is 0 Å². The van der Waals surface area contributed by atoms with Crippen molar-refractivity contribution in [1.82, 2.24) is 9.88 Å². The van der Waals surface area contributed by atoms with Crippen molar-refractivity contribution in [1.29, 1.82) is 0 Å². The van der Waals surface area contributed by atoms with Gasteiger partial charge >= 0.3 is 5.63 Å². The topological polar surface area (TPSA) is 62.7 Å². The average Bonchev–Trinajstić information content (AvgIpc) is 3.10. The van der Waals surface area contributed by atoms with Gasteiger partial charge in [0, 0.05) is 55.1 Å². The molecule has 0 unspecified atom stereocenters. The van der Waals surface area contributed by atoms with Gasteiger partial charge in [0.1, 0.15) is 22.4 Å². The molecule has 0 aliphatic carbocycles. The van der Waals surface area contributed by atoms with Crippen molar-refractivity contribution in [2.75, 3.05) is 38.1 Å². The molecule has 0 saturated carbocycles. The van der Waals surface area contributed by atoms with Crippen molar-refractivity contribution in [3.63, 3.8) is 0 Å². The normalized spacial score (nSPS) is 15.6. The van der Waals surface area contributed by atoms with Gasteiger partial charge in [-0.05, 0) is 44.3 Å². The van der Waals surface area contributed by atoms with Crippen LogP contribution >= 0.6 is 0 Å². The molecule has 1 saturated heterocycles. The van der Waals surface area contributed by atoms with E-state index in [1.165, 1.54) is 0 Å². The zero-order chi connectivity index (χ0) is 19.3. The highest BCUT2D eigenvalue weighted by atomic mass is 16.4. The van der Waals surface area contributed by atoms with Crippen molar-refractivity contribution in [2.24, 2.45) is 0 Å². The van der Waals surface area contributed by atoms with Crippen molar-refractivity contribution in [3.05, 3.63) is 58.6 Å². The Kier molecular flexibility index (Phi) is 3.94. The first-order valence-corrected chi connectivity index (χ1v) is 9.46. The van der Waals surface area contributed by atoms with Crippen LogP contribution in [0.25, 0.3) is 33.4 Å². The van der Waals surface area contributed by atoms with Crippen LogP contribution in [0.4, 0.5) is 5.69 Å². The van der Waals surface area contributed by atoms with Gasteiger partial charge in [-0.3, -0.25) is 0 Å². The van der Waals surface area contributed by atoms with Gasteiger partial charge in [-0.2, -0.15) is 0 Å². The summed E-state index contributed by atoms with van der Waals surface area (Å²) in [5, 5.41) is 0.872. The largest absolute Gasteiger partial charge is 0.454 e. The molecule has 1 aromatic carbocycles. The highest BCUT2D eigenvalue weighted by molar-refractivity contribution is 5.86. The maximum atomic E-state index is 12.6. The molecule has 6 nitrogen and oxygen atoms in total. The standard InChI is InChI=1S/C22H21N3O3/c1-14-3-6-19-18(23-14)13-21(27-19)17-11-15-4-5-16(12-20(15)28-22(17)26)25-9-7-24(2)8-10-25/h3-6,11-13H,7-10H2,1-2H3. The Balaban J connectivity index is 1.55. The van der Waals surface area contributed by atoms with Crippen LogP contribution in [-0.2, 0) is 0 Å². The summed E-state index contributed by atoms with van der Waals surface area (Å²) in [6.07, 6.45) is 0. The summed E-state index contributed by atoms with van der Waals surface area (Å²) in [5.74, 6) is 0.479. The van der Waals surface area contributed by atoms with Crippen LogP contribution in [-0.4, -0.2) is 43.1 Å². The summed E-state index contributed by atoms with van der Waals surface area (Å²) >= 11 is 0. The number of pyridine rings is 1. The maximum absolute atomic E-state index is 12.6. The maximum Gasteiger partial charge on any atom is 0.347 e. The number of aromatic nitrogens is 1. The van der Waals surface area contributed by atoms with Gasteiger partial charge in [-0.15, -0.1) is 0 Å². The van der Waals surface area contributed by atoms with Gasteiger partial charge in [0.05, 0.1) is 0 Å². The van der Waals surface area contributed by atoms with Crippen molar-refractivity contribution >= 4 is 27.8 Å². The second-order valence-corrected chi connectivity index (χ2v) is 7.41. The van der Waals surface area contributed by atoms with Crippen LogP contribution in [0, 0.1) is 6.92 Å². The van der Waals surface area contributed by atoms with E-state index in [2.05, 4.69) is 27.9 Å². The molecule has 6 heteroatoms. The van der Waals surface area contributed by atoms with Crippen molar-refractivity contribution in [3.8, 4) is 11.3 Å². The van der Waals surface area contributed by atoms with Gasteiger partial charge in [0.2, 0.25) is 0 Å². The molecule has 0 radical (unpaired) electrons. The summed E-state index contributed by atoms with van der Waals surface area (Å²) < 4.78 is 11.5. The predicted molar refractivity (Wildman–Crippen MR) is 110 cm³/mol. The van der Waals surface area contributed by atoms with Gasteiger partial charge in [-0.1, -0.05) is 0 Å². The number of likely N-dealkylation sites (N-methyl/N-ethyl adjacent to an activating group) is 1. The number of aryl methyl sites for hydroxylation is 1. The number of rotatable bonds is 2. The van der Waals surface area contributed by atoms with E-state index in [1.54, 1.807) is 6.07 Å². The number of hydrogen-bond acceptors (Lipinski definition) is 6. The Labute approximate surface area is 162 Å². The quantitative estimate of drug-likeness (QED) is 0.498. The molecule has 0 spiro atoms. The summed E-state index contributed by atoms with van der Waals surface area (Å²) in [7, 11) is 2.13. The van der Waals surface area contributed by atoms with Crippen LogP contribution < -0.4 is 10.5 Å². The van der Waals surface area contributed by atoms with Crippen molar-refractivity contribution < 1.29 is 8.83 Å². The lowest BCUT2D eigenvalue weighted by molar-refractivity contribution is 0.313. The fourth-order valence-corrected chi connectivity index (χ4v) is 3.69. The molecule has 0 amide bonds. The highest BCUT2D eigenvalue weighted by Gasteiger charge is 2.17. The number of fused-ring (bicyclic) bond motifs is 2. The molecule has 28 heavy (non-hydrogen) atoms. The Hall–Kier alpha value is -3.12. The van der Waals surface area contributed by atoms with E-state index in [1.807, 2.05) is 37.3 Å². The molecule has 4 heterocycles. The lowest BCUT2D eigenvalue weighted by Gasteiger charge is -2.34. The zero-order valence-electron chi connectivity index (χ0n) is 15.9. The fraction of sp³-hybridized carbons (Fsp3) is 0.273. The summed E-state index contributed by atoms with van der Waals surface area (Å²) in [4.78, 5) is 21.7. The Bertz CT molecular complexity index is 1230. The SMILES string of the molecule is Cc1ccc2oc(-c3cc4ccc(N5CCN(C)CC5)cc4oc3=O)cc2n1. The van der Waals surface area contributed by atoms with E-state index in [4.69, 9.17) is 8.83 Å². The first-order valence-electron chi connectivity index (χ1n) is 9.46. The van der Waals surface area contributed by atoms with Crippen LogP contribution in [0.1, 0.15) is 5.69 Å². The number of anilines is 1. The Morgan fingerprint density at radius 1 is 0.929 bits per heavy atom. The molecule has 3 aromatic heterocycles. The van der Waals surface area contributed by atoms with Crippen LogP contribution in [0.2, 0.25) is 0 Å². The number of hydrogen-bond donors (Lipinski definition) is 0. The lowest BCUT2D eigenvalue weighted by atomic mass is 10.1. The smallest absolute Gasteiger partial charge is 0.347 e. The van der Waals surface area contributed by atoms with Crippen molar-refractivity contribution in [2.45, 2.75) is 6.92 Å². The van der Waals surface area contributed by atoms with Crippen LogP contribution in [0.3, 0.4) is 0 Å². The first kappa shape index (κ1) is 17.0. The minimum atomic E-state index is -0.404. The molecular weight excluding hydrogens is 354 g/mol. The monoisotopic (exact) mass is 375 g/mol. The molecule has 1 aliphatic rings. The van der Waals surface area contributed by atoms with Gasteiger partial charge < -0.3 is 18.6 Å². The lowest BCUT2D eigenvalue weighted by Crippen LogP contribution is -2.44. The molecule has 0 atom stereocenters. The molecule has 5 rings (SSSR count). The van der Waals surface area contributed by atoms with Gasteiger partial charge in [0.15, 0.2) is 5.58 Å². The highest BCUT2D eigenvalue weighted by Crippen LogP contribution is 2.29. The molecule has 1 fully saturated rings. The Morgan fingerprint density at radius 2 is 1.75 bits per heavy atom. The second-order valence-electron chi connectivity index (χ2n) is 7.41. The van der Waals surface area contributed by atoms with Crippen LogP contribution in [0.15, 0.2) is 56.1 Å². The molecule has 1 aliphatic heterocycles. The number of benzene rings is 1. The first-order chi connectivity index (χ1) is 13.6. The number of piperazine rings is 1. The number of nitrogens with zero attached hydrogens (tertiary/aromatic N) is 3. The van der Waals surface area contributed by atoms with E-state index in [0.717, 1.165) is 48.5 Å². The van der Waals surface area contributed by atoms with Crippen LogP contribution in [0.5, 0.6) is 0 Å². The molecule has 4 aromatic rings. The van der Waals surface area contributed by atoms with E-state index in [-0.39, 0.29) is 0 Å². The molecule has 142 valence electrons. The third-order valence-corrected chi connectivity index (χ3v) is 5.37. The zero-order valence-corrected chi connectivity index (χ0v) is 15.9. The minimum absolute atomic E-state index is 0.404. The predicted octanol–water partition coefficient (Wildman–Crippen LogP) is 3.66. The molecule has 0 bridgehead atoms. The summed E-state index contributed by atoms with van der Waals surface area (Å²) in [6.45, 7) is 5.92. The van der Waals surface area contributed by atoms with E-state index >= 15 is 0 Å². The van der Waals surface area contributed by atoms with E-state index in [9.17, 15) is 4.79 Å². The summed E-state index contributed by atoms with van der Waals surface area (Å²) in [5.41, 5.74) is 3.98. The van der Waals surface area contributed by atoms with E-state index < -0.39 is 5.63 Å².